The topological polar surface area (TPSA) is 71.9 Å². The minimum atomic E-state index is -0.583. The molecule has 3 N–H and O–H groups in total. The van der Waals surface area contributed by atoms with Gasteiger partial charge in [-0.25, -0.2) is 0 Å². The van der Waals surface area contributed by atoms with E-state index in [0.717, 1.165) is 44.8 Å². The Balaban J connectivity index is 1.63. The minimum absolute atomic E-state index is 0.188. The largest absolute Gasteiger partial charge is 0.370 e. The molecule has 0 radical (unpaired) electrons. The van der Waals surface area contributed by atoms with Gasteiger partial charge in [-0.3, -0.25) is 9.59 Å². The second-order valence-electron chi connectivity index (χ2n) is 5.83. The van der Waals surface area contributed by atoms with Crippen LogP contribution < -0.4 is 15.5 Å². The molecule has 1 aromatic carbocycles. The van der Waals surface area contributed by atoms with Gasteiger partial charge in [-0.2, -0.15) is 0 Å². The van der Waals surface area contributed by atoms with Gasteiger partial charge in [-0.05, 0) is 12.5 Å². The maximum Gasteiger partial charge on any atom is 0.309 e. The van der Waals surface area contributed by atoms with Crippen molar-refractivity contribution in [3.05, 3.63) is 35.9 Å². The third-order valence-electron chi connectivity index (χ3n) is 4.05. The van der Waals surface area contributed by atoms with Crippen LogP contribution in [0, 0.1) is 0 Å². The van der Waals surface area contributed by atoms with E-state index in [0.29, 0.717) is 6.54 Å². The summed E-state index contributed by atoms with van der Waals surface area (Å²) in [4.78, 5) is 25.2. The molecule has 0 unspecified atom stereocenters. The zero-order chi connectivity index (χ0) is 16.5. The molecule has 0 saturated carbocycles. The molecule has 1 heterocycles. The van der Waals surface area contributed by atoms with Crippen LogP contribution in [0.5, 0.6) is 0 Å². The van der Waals surface area contributed by atoms with Crippen LogP contribution in [0.4, 0.5) is 0 Å². The molecule has 23 heavy (non-hydrogen) atoms. The summed E-state index contributed by atoms with van der Waals surface area (Å²) in [7, 11) is 0. The van der Waals surface area contributed by atoms with Crippen LogP contribution in [-0.2, 0) is 14.3 Å². The molecule has 0 aromatic heterocycles. The fourth-order valence-electron chi connectivity index (χ4n) is 2.62. The average Bonchev–Trinajstić information content (AvgIpc) is 2.60. The van der Waals surface area contributed by atoms with E-state index in [4.69, 9.17) is 4.74 Å². The summed E-state index contributed by atoms with van der Waals surface area (Å²) in [6.07, 6.45) is 0.864. The number of amides is 2. The van der Waals surface area contributed by atoms with Gasteiger partial charge >= 0.3 is 11.8 Å². The number of nitrogens with one attached hydrogen (secondary N) is 3. The zero-order valence-corrected chi connectivity index (χ0v) is 13.6. The molecule has 126 valence electrons. The fourth-order valence-corrected chi connectivity index (χ4v) is 2.62. The van der Waals surface area contributed by atoms with E-state index in [1.54, 1.807) is 0 Å². The van der Waals surface area contributed by atoms with E-state index >= 15 is 0 Å². The molecule has 6 heteroatoms. The Hall–Kier alpha value is -1.92. The normalized spacial score (nSPS) is 16.6. The highest BCUT2D eigenvalue weighted by atomic mass is 16.5. The number of rotatable bonds is 6. The standard InChI is InChI=1S/C17H25N3O3/c1-14(15-6-3-2-4-7-15)19-17(22)16(21)18-8-5-9-20-10-12-23-13-11-20/h2-4,6-7,14H,5,8-13H2,1H3,(H,18,21)(H,19,22)/p+1/t14-/m1/s1. The lowest BCUT2D eigenvalue weighted by molar-refractivity contribution is -0.908. The summed E-state index contributed by atoms with van der Waals surface area (Å²) in [5, 5.41) is 5.40. The molecule has 1 fully saturated rings. The van der Waals surface area contributed by atoms with E-state index in [2.05, 4.69) is 10.6 Å². The Bertz CT molecular complexity index is 501. The van der Waals surface area contributed by atoms with Crippen LogP contribution in [0.1, 0.15) is 24.9 Å². The van der Waals surface area contributed by atoms with Crippen molar-refractivity contribution in [2.45, 2.75) is 19.4 Å². The molecule has 0 bridgehead atoms. The number of quaternary nitrogens is 1. The van der Waals surface area contributed by atoms with Gasteiger partial charge in [0.05, 0.1) is 25.8 Å². The van der Waals surface area contributed by atoms with Crippen molar-refractivity contribution in [3.63, 3.8) is 0 Å². The molecule has 2 amide bonds. The van der Waals surface area contributed by atoms with Crippen molar-refractivity contribution in [1.82, 2.24) is 10.6 Å². The lowest BCUT2D eigenvalue weighted by Gasteiger charge is -2.23. The SMILES string of the molecule is C[C@@H](NC(=O)C(=O)NCCC[NH+]1CCOCC1)c1ccccc1. The second kappa shape index (κ2) is 9.27. The molecule has 1 saturated heterocycles. The highest BCUT2D eigenvalue weighted by Crippen LogP contribution is 2.10. The summed E-state index contributed by atoms with van der Waals surface area (Å²) in [6, 6.07) is 9.40. The van der Waals surface area contributed by atoms with Crippen LogP contribution in [0.25, 0.3) is 0 Å². The summed E-state index contributed by atoms with van der Waals surface area (Å²) in [5.74, 6) is -1.15. The molecule has 1 atom stereocenters. The van der Waals surface area contributed by atoms with Crippen molar-refractivity contribution in [3.8, 4) is 0 Å². The Morgan fingerprint density at radius 3 is 2.57 bits per heavy atom. The molecular formula is C17H26N3O3+. The van der Waals surface area contributed by atoms with Crippen molar-refractivity contribution in [2.24, 2.45) is 0 Å². The quantitative estimate of drug-likeness (QED) is 0.479. The Labute approximate surface area is 137 Å². The highest BCUT2D eigenvalue weighted by Gasteiger charge is 2.17. The number of ether oxygens (including phenoxy) is 1. The summed E-state index contributed by atoms with van der Waals surface area (Å²) in [5.41, 5.74) is 0.976. The molecule has 1 aliphatic rings. The maximum atomic E-state index is 11.9. The smallest absolute Gasteiger partial charge is 0.309 e. The second-order valence-corrected chi connectivity index (χ2v) is 5.83. The monoisotopic (exact) mass is 320 g/mol. The van der Waals surface area contributed by atoms with Gasteiger partial charge in [0, 0.05) is 13.0 Å². The first-order valence-electron chi connectivity index (χ1n) is 8.22. The highest BCUT2D eigenvalue weighted by molar-refractivity contribution is 6.35. The first-order chi connectivity index (χ1) is 11.2. The minimum Gasteiger partial charge on any atom is -0.370 e. The van der Waals surface area contributed by atoms with Crippen molar-refractivity contribution >= 4 is 11.8 Å². The summed E-state index contributed by atoms with van der Waals surface area (Å²) >= 11 is 0. The van der Waals surface area contributed by atoms with Gasteiger partial charge in [-0.15, -0.1) is 0 Å². The third kappa shape index (κ3) is 6.00. The van der Waals surface area contributed by atoms with Crippen LogP contribution >= 0.6 is 0 Å². The van der Waals surface area contributed by atoms with Crippen LogP contribution in [-0.4, -0.2) is 51.2 Å². The zero-order valence-electron chi connectivity index (χ0n) is 13.6. The van der Waals surface area contributed by atoms with Crippen LogP contribution in [0.15, 0.2) is 30.3 Å². The molecule has 1 aliphatic heterocycles. The molecule has 0 spiro atoms. The van der Waals surface area contributed by atoms with Gasteiger partial charge in [0.2, 0.25) is 0 Å². The lowest BCUT2D eigenvalue weighted by atomic mass is 10.1. The number of morpholine rings is 1. The van der Waals surface area contributed by atoms with Crippen molar-refractivity contribution < 1.29 is 19.2 Å². The van der Waals surface area contributed by atoms with Gasteiger partial charge in [-0.1, -0.05) is 30.3 Å². The summed E-state index contributed by atoms with van der Waals surface area (Å²) in [6.45, 7) is 7.03. The lowest BCUT2D eigenvalue weighted by Crippen LogP contribution is -3.14. The van der Waals surface area contributed by atoms with Crippen LogP contribution in [0.3, 0.4) is 0 Å². The van der Waals surface area contributed by atoms with Crippen molar-refractivity contribution in [1.29, 1.82) is 0 Å². The molecule has 1 aromatic rings. The third-order valence-corrected chi connectivity index (χ3v) is 4.05. The predicted molar refractivity (Wildman–Crippen MR) is 87.0 cm³/mol. The number of benzene rings is 1. The first-order valence-corrected chi connectivity index (χ1v) is 8.22. The predicted octanol–water partition coefficient (Wildman–Crippen LogP) is -0.715. The number of carbonyl (C=O) groups is 2. The van der Waals surface area contributed by atoms with Gasteiger partial charge in [0.1, 0.15) is 13.1 Å². The Kier molecular flexibility index (Phi) is 7.03. The molecule has 6 nitrogen and oxygen atoms in total. The molecule has 2 rings (SSSR count). The average molecular weight is 320 g/mol. The van der Waals surface area contributed by atoms with Crippen molar-refractivity contribution in [2.75, 3.05) is 39.4 Å². The molecular weight excluding hydrogens is 294 g/mol. The Morgan fingerprint density at radius 2 is 1.87 bits per heavy atom. The van der Waals surface area contributed by atoms with E-state index in [-0.39, 0.29) is 6.04 Å². The molecule has 0 aliphatic carbocycles. The van der Waals surface area contributed by atoms with Gasteiger partial charge < -0.3 is 20.3 Å². The fraction of sp³-hybridized carbons (Fsp3) is 0.529. The van der Waals surface area contributed by atoms with E-state index in [1.807, 2.05) is 37.3 Å². The maximum absolute atomic E-state index is 11.9. The van der Waals surface area contributed by atoms with Crippen LogP contribution in [0.2, 0.25) is 0 Å². The van der Waals surface area contributed by atoms with E-state index in [9.17, 15) is 9.59 Å². The summed E-state index contributed by atoms with van der Waals surface area (Å²) < 4.78 is 5.31. The number of hydrogen-bond acceptors (Lipinski definition) is 3. The van der Waals surface area contributed by atoms with E-state index in [1.165, 1.54) is 4.90 Å². The number of hydrogen-bond donors (Lipinski definition) is 3. The number of carbonyl (C=O) groups excluding carboxylic acids is 2. The first kappa shape index (κ1) is 17.4. The van der Waals surface area contributed by atoms with Gasteiger partial charge in [0.25, 0.3) is 0 Å². The van der Waals surface area contributed by atoms with Gasteiger partial charge in [0.15, 0.2) is 0 Å². The Morgan fingerprint density at radius 1 is 1.17 bits per heavy atom. The van der Waals surface area contributed by atoms with E-state index < -0.39 is 11.8 Å².